The van der Waals surface area contributed by atoms with E-state index >= 15 is 0 Å². The van der Waals surface area contributed by atoms with Gasteiger partial charge in [0, 0.05) is 55.1 Å². The van der Waals surface area contributed by atoms with Crippen molar-refractivity contribution in [3.05, 3.63) is 61.7 Å². The van der Waals surface area contributed by atoms with E-state index in [1.807, 2.05) is 0 Å². The average molecular weight is 588 g/mol. The van der Waals surface area contributed by atoms with Crippen LogP contribution in [0.4, 0.5) is 5.69 Å². The molecular weight excluding hydrogens is 554 g/mol. The lowest BCUT2D eigenvalue weighted by atomic mass is 9.77. The standard InChI is InChI=1S/C28H33N3O7S2/c1-4-21(33)22-24(34)30-23(25(35)36)26(40-28(22,30)12-16-5-7-17(8-6-16)31(37)38)39-20-9-10-29(15-20)18-11-19(32)14-27(2,3)13-18/h5-8,11,20-22,33H,4,9-10,12-15H2,1-3H3,(H,35,36)/t20-,21-,22+,28+/m0/s1. The Bertz CT molecular complexity index is 1330. The largest absolute Gasteiger partial charge is 0.477 e. The number of benzene rings is 1. The number of aliphatic carboxylic acids is 1. The minimum atomic E-state index is -1.20. The first kappa shape index (κ1) is 28.7. The van der Waals surface area contributed by atoms with Crippen LogP contribution in [0.3, 0.4) is 0 Å². The Hall–Kier alpha value is -2.83. The van der Waals surface area contributed by atoms with Crippen molar-refractivity contribution in [1.82, 2.24) is 9.80 Å². The number of carboxylic acids is 1. The fourth-order valence-electron chi connectivity index (χ4n) is 6.27. The maximum Gasteiger partial charge on any atom is 0.354 e. The van der Waals surface area contributed by atoms with Crippen LogP contribution in [0.25, 0.3) is 0 Å². The number of ketones is 1. The number of nitrogens with zero attached hydrogens (tertiary/aromatic N) is 3. The molecule has 0 unspecified atom stereocenters. The molecule has 5 rings (SSSR count). The number of fused-ring (bicyclic) bond motifs is 1. The molecule has 1 aliphatic carbocycles. The Morgan fingerprint density at radius 2 is 1.95 bits per heavy atom. The van der Waals surface area contributed by atoms with Gasteiger partial charge >= 0.3 is 5.97 Å². The number of likely N-dealkylation sites (tertiary alicyclic amines) is 1. The zero-order chi connectivity index (χ0) is 29.0. The van der Waals surface area contributed by atoms with Gasteiger partial charge in [-0.2, -0.15) is 0 Å². The van der Waals surface area contributed by atoms with E-state index in [0.29, 0.717) is 29.2 Å². The van der Waals surface area contributed by atoms with Gasteiger partial charge in [0.2, 0.25) is 5.91 Å². The number of carbonyl (C=O) groups is 3. The number of β-lactam (4-membered cyclic amide) rings is 1. The number of rotatable bonds is 9. The normalized spacial score (nSPS) is 28.4. The summed E-state index contributed by atoms with van der Waals surface area (Å²) in [6.45, 7) is 7.39. The Morgan fingerprint density at radius 1 is 1.25 bits per heavy atom. The molecule has 12 heteroatoms. The summed E-state index contributed by atoms with van der Waals surface area (Å²) in [5, 5.41) is 32.2. The van der Waals surface area contributed by atoms with Gasteiger partial charge in [-0.25, -0.2) is 4.79 Å². The quantitative estimate of drug-likeness (QED) is 0.246. The van der Waals surface area contributed by atoms with Crippen LogP contribution in [0.15, 0.2) is 46.0 Å². The van der Waals surface area contributed by atoms with Gasteiger partial charge in [0.1, 0.15) is 4.87 Å². The smallest absolute Gasteiger partial charge is 0.354 e. The molecule has 4 aliphatic rings. The lowest BCUT2D eigenvalue weighted by Crippen LogP contribution is -2.71. The van der Waals surface area contributed by atoms with E-state index in [2.05, 4.69) is 18.7 Å². The van der Waals surface area contributed by atoms with E-state index in [4.69, 9.17) is 0 Å². The van der Waals surface area contributed by atoms with E-state index in [9.17, 15) is 34.7 Å². The van der Waals surface area contributed by atoms with Crippen LogP contribution in [0.1, 0.15) is 52.0 Å². The first-order valence-electron chi connectivity index (χ1n) is 13.4. The van der Waals surface area contributed by atoms with Gasteiger partial charge in [0.05, 0.1) is 21.2 Å². The number of aliphatic hydroxyl groups is 1. The number of thioether (sulfide) groups is 2. The first-order valence-corrected chi connectivity index (χ1v) is 15.1. The number of nitro benzene ring substituents is 1. The van der Waals surface area contributed by atoms with Gasteiger partial charge in [-0.1, -0.05) is 44.7 Å². The first-order chi connectivity index (χ1) is 18.8. The SMILES string of the molecule is CC[C@H](O)[C@@H]1C(=O)N2C(C(=O)O)=C(S[C@H]3CCN(C4=CC(=O)CC(C)(C)C4)C3)S[C@]12Cc1ccc([N+](=O)[O-])cc1. The summed E-state index contributed by atoms with van der Waals surface area (Å²) in [5.74, 6) is -2.29. The van der Waals surface area contributed by atoms with Crippen molar-refractivity contribution in [2.75, 3.05) is 13.1 Å². The molecule has 214 valence electrons. The molecule has 10 nitrogen and oxygen atoms in total. The van der Waals surface area contributed by atoms with Gasteiger partial charge in [0.25, 0.3) is 5.69 Å². The second kappa shape index (κ2) is 10.5. The summed E-state index contributed by atoms with van der Waals surface area (Å²) < 4.78 is 0.537. The molecule has 3 aliphatic heterocycles. The number of carbonyl (C=O) groups excluding carboxylic acids is 2. The summed E-state index contributed by atoms with van der Waals surface area (Å²) in [4.78, 5) is 51.3. The third-order valence-electron chi connectivity index (χ3n) is 8.11. The molecule has 0 bridgehead atoms. The lowest BCUT2D eigenvalue weighted by molar-refractivity contribution is -0.384. The monoisotopic (exact) mass is 587 g/mol. The maximum absolute atomic E-state index is 13.3. The highest BCUT2D eigenvalue weighted by molar-refractivity contribution is 8.23. The van der Waals surface area contributed by atoms with Crippen molar-refractivity contribution >= 4 is 46.9 Å². The van der Waals surface area contributed by atoms with Crippen LogP contribution < -0.4 is 0 Å². The molecule has 3 heterocycles. The Balaban J connectivity index is 1.40. The number of carboxylic acid groups (broad SMARTS) is 1. The Morgan fingerprint density at radius 3 is 2.55 bits per heavy atom. The number of hydrogen-bond acceptors (Lipinski definition) is 9. The predicted molar refractivity (Wildman–Crippen MR) is 152 cm³/mol. The predicted octanol–water partition coefficient (Wildman–Crippen LogP) is 4.14. The second-order valence-electron chi connectivity index (χ2n) is 11.7. The lowest BCUT2D eigenvalue weighted by Gasteiger charge is -2.54. The molecule has 4 atom stereocenters. The number of nitro groups is 1. The van der Waals surface area contributed by atoms with Crippen molar-refractivity contribution in [3.8, 4) is 0 Å². The van der Waals surface area contributed by atoms with Gasteiger partial charge in [-0.15, -0.1) is 11.8 Å². The summed E-state index contributed by atoms with van der Waals surface area (Å²) in [7, 11) is 0. The highest BCUT2D eigenvalue weighted by atomic mass is 32.2. The number of hydrogen-bond donors (Lipinski definition) is 2. The molecule has 0 radical (unpaired) electrons. The maximum atomic E-state index is 13.3. The van der Waals surface area contributed by atoms with E-state index < -0.39 is 33.7 Å². The van der Waals surface area contributed by atoms with E-state index in [-0.39, 0.29) is 34.3 Å². The van der Waals surface area contributed by atoms with Crippen LogP contribution in [-0.2, 0) is 20.8 Å². The molecule has 2 fully saturated rings. The third kappa shape index (κ3) is 5.05. The second-order valence-corrected chi connectivity index (χ2v) is 14.6. The summed E-state index contributed by atoms with van der Waals surface area (Å²) in [5.41, 5.74) is 1.52. The highest BCUT2D eigenvalue weighted by Gasteiger charge is 2.68. The van der Waals surface area contributed by atoms with Crippen LogP contribution >= 0.6 is 23.5 Å². The number of allylic oxidation sites excluding steroid dienone is 2. The number of non-ortho nitro benzene ring substituents is 1. The fourth-order valence-corrected chi connectivity index (χ4v) is 9.87. The minimum absolute atomic E-state index is 0.0587. The number of amides is 1. The Labute approximate surface area is 241 Å². The molecule has 1 amide bonds. The van der Waals surface area contributed by atoms with Crippen LogP contribution in [0.5, 0.6) is 0 Å². The van der Waals surface area contributed by atoms with Gasteiger partial charge in [0.15, 0.2) is 11.5 Å². The molecule has 0 spiro atoms. The van der Waals surface area contributed by atoms with Gasteiger partial charge in [-0.3, -0.25) is 24.6 Å². The molecule has 0 aromatic heterocycles. The van der Waals surface area contributed by atoms with E-state index in [0.717, 1.165) is 25.1 Å². The minimum Gasteiger partial charge on any atom is -0.477 e. The van der Waals surface area contributed by atoms with Gasteiger partial charge in [-0.05, 0) is 30.2 Å². The van der Waals surface area contributed by atoms with E-state index in [1.165, 1.54) is 40.6 Å². The number of aliphatic hydroxyl groups excluding tert-OH is 1. The Kier molecular flexibility index (Phi) is 7.56. The summed E-state index contributed by atoms with van der Waals surface area (Å²) >= 11 is 2.76. The zero-order valence-corrected chi connectivity index (χ0v) is 24.3. The van der Waals surface area contributed by atoms with Crippen molar-refractivity contribution in [1.29, 1.82) is 0 Å². The molecule has 1 aromatic carbocycles. The summed E-state index contributed by atoms with van der Waals surface area (Å²) in [6.07, 6.45) is 3.51. The fraction of sp³-hybridized carbons (Fsp3) is 0.536. The van der Waals surface area contributed by atoms with Crippen molar-refractivity contribution in [3.63, 3.8) is 0 Å². The molecule has 2 N–H and O–H groups in total. The van der Waals surface area contributed by atoms with E-state index in [1.54, 1.807) is 25.1 Å². The topological polar surface area (TPSA) is 141 Å². The van der Waals surface area contributed by atoms with Gasteiger partial charge < -0.3 is 15.1 Å². The third-order valence-corrected chi connectivity index (χ3v) is 11.1. The molecule has 40 heavy (non-hydrogen) atoms. The average Bonchev–Trinajstić information content (AvgIpc) is 3.44. The molecule has 2 saturated heterocycles. The highest BCUT2D eigenvalue weighted by Crippen LogP contribution is 2.63. The van der Waals surface area contributed by atoms with Crippen LogP contribution in [0, 0.1) is 21.4 Å². The van der Waals surface area contributed by atoms with Crippen LogP contribution in [0.2, 0.25) is 0 Å². The van der Waals surface area contributed by atoms with Crippen molar-refractivity contribution in [2.45, 2.75) is 69.1 Å². The van der Waals surface area contributed by atoms with Crippen LogP contribution in [-0.4, -0.2) is 71.9 Å². The molecule has 1 aromatic rings. The molecular formula is C28H33N3O7S2. The molecule has 0 saturated carbocycles. The summed E-state index contributed by atoms with van der Waals surface area (Å²) in [6, 6.07) is 6.01. The zero-order valence-electron chi connectivity index (χ0n) is 22.7. The van der Waals surface area contributed by atoms with Crippen molar-refractivity contribution in [2.24, 2.45) is 11.3 Å². The van der Waals surface area contributed by atoms with Crippen molar-refractivity contribution < 1.29 is 29.5 Å².